The van der Waals surface area contributed by atoms with E-state index < -0.39 is 11.1 Å². The molecule has 0 aromatic heterocycles. The summed E-state index contributed by atoms with van der Waals surface area (Å²) in [4.78, 5) is 23.4. The Labute approximate surface area is 141 Å². The van der Waals surface area contributed by atoms with Gasteiger partial charge in [-0.05, 0) is 48.0 Å². The summed E-state index contributed by atoms with van der Waals surface area (Å²) in [5.41, 5.74) is 0.923. The van der Waals surface area contributed by atoms with Crippen LogP contribution in [-0.4, -0.2) is 18.3 Å². The largest absolute Gasteiger partial charge is 0.495 e. The van der Waals surface area contributed by atoms with E-state index in [1.54, 1.807) is 6.07 Å². The van der Waals surface area contributed by atoms with E-state index in [0.717, 1.165) is 0 Å². The van der Waals surface area contributed by atoms with Gasteiger partial charge in [-0.3, -0.25) is 9.59 Å². The Balaban J connectivity index is 2.30. The number of nitrogens with one attached hydrogen (secondary N) is 1. The van der Waals surface area contributed by atoms with E-state index in [0.29, 0.717) is 16.5 Å². The number of anilines is 1. The minimum absolute atomic E-state index is 0.233. The number of halogens is 3. The minimum Gasteiger partial charge on any atom is -0.495 e. The molecule has 0 radical (unpaired) electrons. The van der Waals surface area contributed by atoms with Gasteiger partial charge < -0.3 is 10.1 Å². The summed E-state index contributed by atoms with van der Waals surface area (Å²) in [6.45, 7) is 0. The van der Waals surface area contributed by atoms with Gasteiger partial charge in [0.15, 0.2) is 0 Å². The van der Waals surface area contributed by atoms with Gasteiger partial charge in [-0.25, -0.2) is 0 Å². The quantitative estimate of drug-likeness (QED) is 0.811. The summed E-state index contributed by atoms with van der Waals surface area (Å²) in [6, 6.07) is 9.00. The van der Waals surface area contributed by atoms with E-state index >= 15 is 0 Å². The highest BCUT2D eigenvalue weighted by Crippen LogP contribution is 2.28. The average Bonchev–Trinajstić information content (AvgIpc) is 2.47. The van der Waals surface area contributed by atoms with Crippen LogP contribution in [0, 0.1) is 0 Å². The monoisotopic (exact) mass is 357 g/mol. The molecule has 0 aliphatic heterocycles. The highest BCUT2D eigenvalue weighted by molar-refractivity contribution is 6.67. The molecule has 114 valence electrons. The van der Waals surface area contributed by atoms with Gasteiger partial charge in [0.2, 0.25) is 0 Å². The molecule has 0 saturated carbocycles. The van der Waals surface area contributed by atoms with Crippen molar-refractivity contribution in [3.8, 4) is 5.75 Å². The molecule has 4 nitrogen and oxygen atoms in total. The molecule has 0 heterocycles. The number of ether oxygens (including phenoxy) is 1. The Bertz CT molecular complexity index is 747. The van der Waals surface area contributed by atoms with Gasteiger partial charge in [0.05, 0.1) is 23.4 Å². The molecule has 22 heavy (non-hydrogen) atoms. The van der Waals surface area contributed by atoms with Crippen LogP contribution in [0.1, 0.15) is 20.7 Å². The zero-order valence-electron chi connectivity index (χ0n) is 11.3. The smallest absolute Gasteiger partial charge is 0.257 e. The van der Waals surface area contributed by atoms with Crippen LogP contribution in [0.4, 0.5) is 5.69 Å². The van der Waals surface area contributed by atoms with Gasteiger partial charge in [0.25, 0.3) is 11.1 Å². The van der Waals surface area contributed by atoms with Gasteiger partial charge in [-0.2, -0.15) is 0 Å². The Morgan fingerprint density at radius 2 is 1.82 bits per heavy atom. The van der Waals surface area contributed by atoms with Crippen molar-refractivity contribution < 1.29 is 14.3 Å². The molecule has 2 rings (SSSR count). The summed E-state index contributed by atoms with van der Waals surface area (Å²) < 4.78 is 5.14. The van der Waals surface area contributed by atoms with E-state index in [1.807, 2.05) is 0 Å². The van der Waals surface area contributed by atoms with Gasteiger partial charge >= 0.3 is 0 Å². The standard InChI is InChI=1S/C15H10Cl3NO3/c1-22-13-6-8(14(18)20)2-5-12(13)19-15(21)10-4-3-9(16)7-11(10)17/h2-7H,1H3,(H,19,21). The zero-order chi connectivity index (χ0) is 16.3. The lowest BCUT2D eigenvalue weighted by molar-refractivity contribution is 0.102. The fourth-order valence-corrected chi connectivity index (χ4v) is 2.39. The van der Waals surface area contributed by atoms with Gasteiger partial charge in [0.1, 0.15) is 5.75 Å². The van der Waals surface area contributed by atoms with Crippen LogP contribution in [0.2, 0.25) is 10.0 Å². The lowest BCUT2D eigenvalue weighted by Crippen LogP contribution is -2.13. The summed E-state index contributed by atoms with van der Waals surface area (Å²) in [5, 5.41) is 2.71. The summed E-state index contributed by atoms with van der Waals surface area (Å²) in [6.07, 6.45) is 0. The lowest BCUT2D eigenvalue weighted by atomic mass is 10.1. The summed E-state index contributed by atoms with van der Waals surface area (Å²) in [7, 11) is 1.42. The van der Waals surface area contributed by atoms with Crippen molar-refractivity contribution in [3.63, 3.8) is 0 Å². The summed E-state index contributed by atoms with van der Waals surface area (Å²) in [5.74, 6) is -0.116. The van der Waals surface area contributed by atoms with Crippen LogP contribution >= 0.6 is 34.8 Å². The Kier molecular flexibility index (Phi) is 5.29. The third kappa shape index (κ3) is 3.71. The lowest BCUT2D eigenvalue weighted by Gasteiger charge is -2.11. The molecule has 2 aromatic rings. The summed E-state index contributed by atoms with van der Waals surface area (Å²) >= 11 is 17.2. The maximum Gasteiger partial charge on any atom is 0.257 e. The topological polar surface area (TPSA) is 55.4 Å². The molecule has 7 heteroatoms. The number of hydrogen-bond acceptors (Lipinski definition) is 3. The molecule has 2 aromatic carbocycles. The van der Waals surface area contributed by atoms with E-state index in [2.05, 4.69) is 5.32 Å². The molecule has 0 atom stereocenters. The number of benzene rings is 2. The van der Waals surface area contributed by atoms with Crippen molar-refractivity contribution >= 4 is 51.6 Å². The SMILES string of the molecule is COc1cc(C(=O)Cl)ccc1NC(=O)c1ccc(Cl)cc1Cl. The zero-order valence-corrected chi connectivity index (χ0v) is 13.6. The molecule has 0 unspecified atom stereocenters. The first-order chi connectivity index (χ1) is 10.4. The highest BCUT2D eigenvalue weighted by Gasteiger charge is 2.14. The van der Waals surface area contributed by atoms with Gasteiger partial charge in [-0.15, -0.1) is 0 Å². The van der Waals surface area contributed by atoms with Crippen LogP contribution in [0.15, 0.2) is 36.4 Å². The predicted molar refractivity (Wildman–Crippen MR) is 87.6 cm³/mol. The van der Waals surface area contributed by atoms with Crippen molar-refractivity contribution in [3.05, 3.63) is 57.6 Å². The second-order valence-corrected chi connectivity index (χ2v) is 5.45. The van der Waals surface area contributed by atoms with Crippen LogP contribution in [0.25, 0.3) is 0 Å². The molecule has 1 N–H and O–H groups in total. The number of carbonyl (C=O) groups is 2. The molecule has 0 bridgehead atoms. The van der Waals surface area contributed by atoms with Crippen LogP contribution in [-0.2, 0) is 0 Å². The molecular formula is C15H10Cl3NO3. The Morgan fingerprint density at radius 1 is 1.09 bits per heavy atom. The number of hydrogen-bond donors (Lipinski definition) is 1. The first-order valence-corrected chi connectivity index (χ1v) is 7.20. The third-order valence-electron chi connectivity index (χ3n) is 2.85. The molecule has 0 aliphatic rings. The van der Waals surface area contributed by atoms with Crippen LogP contribution < -0.4 is 10.1 Å². The second kappa shape index (κ2) is 7.01. The first kappa shape index (κ1) is 16.6. The molecule has 0 saturated heterocycles. The van der Waals surface area contributed by atoms with Gasteiger partial charge in [-0.1, -0.05) is 23.2 Å². The van der Waals surface area contributed by atoms with Crippen molar-refractivity contribution in [2.24, 2.45) is 0 Å². The minimum atomic E-state index is -0.614. The van der Waals surface area contributed by atoms with Crippen LogP contribution in [0.3, 0.4) is 0 Å². The maximum atomic E-state index is 12.2. The van der Waals surface area contributed by atoms with Crippen molar-refractivity contribution in [2.45, 2.75) is 0 Å². The van der Waals surface area contributed by atoms with Crippen LogP contribution in [0.5, 0.6) is 5.75 Å². The van der Waals surface area contributed by atoms with E-state index in [-0.39, 0.29) is 16.1 Å². The number of amides is 1. The molecular weight excluding hydrogens is 349 g/mol. The van der Waals surface area contributed by atoms with Crippen molar-refractivity contribution in [1.29, 1.82) is 0 Å². The van der Waals surface area contributed by atoms with E-state index in [1.165, 1.54) is 37.4 Å². The van der Waals surface area contributed by atoms with Crippen molar-refractivity contribution in [1.82, 2.24) is 0 Å². The maximum absolute atomic E-state index is 12.2. The molecule has 0 aliphatic carbocycles. The molecule has 1 amide bonds. The fourth-order valence-electron chi connectivity index (χ4n) is 1.78. The van der Waals surface area contributed by atoms with E-state index in [4.69, 9.17) is 39.5 Å². The Morgan fingerprint density at radius 3 is 2.41 bits per heavy atom. The van der Waals surface area contributed by atoms with E-state index in [9.17, 15) is 9.59 Å². The number of methoxy groups -OCH3 is 1. The fraction of sp³-hybridized carbons (Fsp3) is 0.0667. The molecule has 0 spiro atoms. The van der Waals surface area contributed by atoms with Crippen molar-refractivity contribution in [2.75, 3.05) is 12.4 Å². The number of rotatable bonds is 4. The number of carbonyl (C=O) groups excluding carboxylic acids is 2. The highest BCUT2D eigenvalue weighted by atomic mass is 35.5. The van der Waals surface area contributed by atoms with Gasteiger partial charge in [0, 0.05) is 10.6 Å². The third-order valence-corrected chi connectivity index (χ3v) is 3.62. The second-order valence-electron chi connectivity index (χ2n) is 4.27. The first-order valence-electron chi connectivity index (χ1n) is 6.06. The predicted octanol–water partition coefficient (Wildman–Crippen LogP) is 4.63. The molecule has 0 fully saturated rings. The Hall–Kier alpha value is -1.75. The normalized spacial score (nSPS) is 10.2. The average molecular weight is 359 g/mol.